The standard InChI is InChI=1S/C24H20N2O5/c1-30-24(29)18-9-5-6-16(12-18)14-26-20-13-19(10-11-21(20)31-15-22(26)27)25-23(28)17-7-3-2-4-8-17/h2-13H,14-15H2,1H3,(H,25,28). The zero-order valence-electron chi connectivity index (χ0n) is 16.8. The molecule has 0 fully saturated rings. The third-order valence-corrected chi connectivity index (χ3v) is 4.88. The van der Waals surface area contributed by atoms with Crippen LogP contribution in [0.1, 0.15) is 26.3 Å². The number of hydrogen-bond donors (Lipinski definition) is 1. The van der Waals surface area contributed by atoms with E-state index in [0.717, 1.165) is 5.56 Å². The molecular weight excluding hydrogens is 396 g/mol. The van der Waals surface area contributed by atoms with Gasteiger partial charge in [-0.25, -0.2) is 4.79 Å². The third-order valence-electron chi connectivity index (χ3n) is 4.88. The fourth-order valence-electron chi connectivity index (χ4n) is 3.34. The number of benzene rings is 3. The van der Waals surface area contributed by atoms with Gasteiger partial charge in [0.25, 0.3) is 11.8 Å². The van der Waals surface area contributed by atoms with Crippen LogP contribution in [0.5, 0.6) is 5.75 Å². The van der Waals surface area contributed by atoms with Crippen molar-refractivity contribution < 1.29 is 23.9 Å². The van der Waals surface area contributed by atoms with Crippen molar-refractivity contribution in [2.45, 2.75) is 6.54 Å². The number of carbonyl (C=O) groups excluding carboxylic acids is 3. The second kappa shape index (κ2) is 8.71. The highest BCUT2D eigenvalue weighted by atomic mass is 16.5. The lowest BCUT2D eigenvalue weighted by molar-refractivity contribution is -0.121. The summed E-state index contributed by atoms with van der Waals surface area (Å²) in [6, 6.07) is 20.9. The largest absolute Gasteiger partial charge is 0.482 e. The molecule has 1 N–H and O–H groups in total. The summed E-state index contributed by atoms with van der Waals surface area (Å²) in [5.74, 6) is -0.369. The molecule has 0 unspecified atom stereocenters. The highest BCUT2D eigenvalue weighted by Gasteiger charge is 2.26. The average molecular weight is 416 g/mol. The molecule has 1 aliphatic heterocycles. The van der Waals surface area contributed by atoms with Gasteiger partial charge in [-0.1, -0.05) is 30.3 Å². The number of nitrogens with one attached hydrogen (secondary N) is 1. The molecule has 0 radical (unpaired) electrons. The minimum absolute atomic E-state index is 0.0839. The zero-order chi connectivity index (χ0) is 21.8. The average Bonchev–Trinajstić information content (AvgIpc) is 2.81. The summed E-state index contributed by atoms with van der Waals surface area (Å²) in [4.78, 5) is 38.5. The summed E-state index contributed by atoms with van der Waals surface area (Å²) in [7, 11) is 1.32. The number of rotatable bonds is 5. The van der Waals surface area contributed by atoms with Crippen LogP contribution in [0.15, 0.2) is 72.8 Å². The summed E-state index contributed by atoms with van der Waals surface area (Å²) in [5.41, 5.74) is 2.79. The van der Waals surface area contributed by atoms with Crippen LogP contribution in [-0.4, -0.2) is 31.5 Å². The molecule has 4 rings (SSSR count). The fourth-order valence-corrected chi connectivity index (χ4v) is 3.34. The Morgan fingerprint density at radius 1 is 1.00 bits per heavy atom. The number of carbonyl (C=O) groups is 3. The van der Waals surface area contributed by atoms with Gasteiger partial charge >= 0.3 is 5.97 Å². The summed E-state index contributed by atoms with van der Waals surface area (Å²) in [6.07, 6.45) is 0. The molecule has 7 heteroatoms. The van der Waals surface area contributed by atoms with E-state index in [9.17, 15) is 14.4 Å². The number of hydrogen-bond acceptors (Lipinski definition) is 5. The van der Waals surface area contributed by atoms with Crippen LogP contribution in [0, 0.1) is 0 Å². The van der Waals surface area contributed by atoms with Crippen LogP contribution in [0.3, 0.4) is 0 Å². The zero-order valence-corrected chi connectivity index (χ0v) is 16.8. The first-order valence-electron chi connectivity index (χ1n) is 9.66. The molecule has 0 saturated carbocycles. The molecule has 156 valence electrons. The number of esters is 1. The molecule has 0 bridgehead atoms. The maximum atomic E-state index is 12.6. The van der Waals surface area contributed by atoms with Gasteiger partial charge in [0.05, 0.1) is 24.9 Å². The van der Waals surface area contributed by atoms with Gasteiger partial charge in [-0.2, -0.15) is 0 Å². The first kappa shape index (κ1) is 20.2. The Kier molecular flexibility index (Phi) is 5.66. The lowest BCUT2D eigenvalue weighted by atomic mass is 10.1. The number of anilines is 2. The van der Waals surface area contributed by atoms with E-state index in [4.69, 9.17) is 9.47 Å². The van der Waals surface area contributed by atoms with E-state index in [1.165, 1.54) is 7.11 Å². The second-order valence-electron chi connectivity index (χ2n) is 6.96. The molecule has 0 aromatic heterocycles. The molecule has 0 atom stereocenters. The smallest absolute Gasteiger partial charge is 0.337 e. The Morgan fingerprint density at radius 2 is 1.77 bits per heavy atom. The monoisotopic (exact) mass is 416 g/mol. The molecule has 0 aliphatic carbocycles. The Morgan fingerprint density at radius 3 is 2.55 bits per heavy atom. The fraction of sp³-hybridized carbons (Fsp3) is 0.125. The summed E-state index contributed by atoms with van der Waals surface area (Å²) >= 11 is 0. The van der Waals surface area contributed by atoms with E-state index in [0.29, 0.717) is 28.3 Å². The van der Waals surface area contributed by atoms with Crippen LogP contribution >= 0.6 is 0 Å². The van der Waals surface area contributed by atoms with Gasteiger partial charge in [0.15, 0.2) is 6.61 Å². The van der Waals surface area contributed by atoms with Gasteiger partial charge < -0.3 is 19.7 Å². The van der Waals surface area contributed by atoms with Crippen LogP contribution in [0.25, 0.3) is 0 Å². The Hall–Kier alpha value is -4.13. The van der Waals surface area contributed by atoms with Crippen LogP contribution in [-0.2, 0) is 16.1 Å². The molecule has 1 aliphatic rings. The van der Waals surface area contributed by atoms with Gasteiger partial charge in [-0.3, -0.25) is 9.59 Å². The van der Waals surface area contributed by atoms with Crippen LogP contribution in [0.4, 0.5) is 11.4 Å². The molecule has 3 aromatic rings. The summed E-state index contributed by atoms with van der Waals surface area (Å²) < 4.78 is 10.3. The van der Waals surface area contributed by atoms with Crippen molar-refractivity contribution in [2.24, 2.45) is 0 Å². The van der Waals surface area contributed by atoms with E-state index >= 15 is 0 Å². The number of fused-ring (bicyclic) bond motifs is 1. The second-order valence-corrected chi connectivity index (χ2v) is 6.96. The molecule has 2 amide bonds. The summed E-state index contributed by atoms with van der Waals surface area (Å²) in [5, 5.41) is 2.85. The van der Waals surface area contributed by atoms with E-state index in [2.05, 4.69) is 5.32 Å². The molecule has 3 aromatic carbocycles. The normalized spacial score (nSPS) is 12.5. The lowest BCUT2D eigenvalue weighted by Gasteiger charge is -2.30. The van der Waals surface area contributed by atoms with Gasteiger partial charge in [0.1, 0.15) is 5.75 Å². The highest BCUT2D eigenvalue weighted by Crippen LogP contribution is 2.35. The van der Waals surface area contributed by atoms with Crippen molar-refractivity contribution in [3.05, 3.63) is 89.5 Å². The SMILES string of the molecule is COC(=O)c1cccc(CN2C(=O)COc3ccc(NC(=O)c4ccccc4)cc32)c1. The number of methoxy groups -OCH3 is 1. The van der Waals surface area contributed by atoms with Crippen LogP contribution < -0.4 is 15.0 Å². The van der Waals surface area contributed by atoms with Gasteiger partial charge in [-0.15, -0.1) is 0 Å². The minimum Gasteiger partial charge on any atom is -0.482 e. The molecular formula is C24H20N2O5. The van der Waals surface area contributed by atoms with Gasteiger partial charge in [0, 0.05) is 11.3 Å². The van der Waals surface area contributed by atoms with Gasteiger partial charge in [-0.05, 0) is 48.0 Å². The van der Waals surface area contributed by atoms with E-state index < -0.39 is 5.97 Å². The van der Waals surface area contributed by atoms with Crippen molar-refractivity contribution in [1.82, 2.24) is 0 Å². The van der Waals surface area contributed by atoms with Crippen molar-refractivity contribution in [3.63, 3.8) is 0 Å². The van der Waals surface area contributed by atoms with E-state index in [1.807, 2.05) is 12.1 Å². The first-order valence-corrected chi connectivity index (χ1v) is 9.66. The number of nitrogens with zero attached hydrogens (tertiary/aromatic N) is 1. The van der Waals surface area contributed by atoms with E-state index in [1.54, 1.807) is 65.6 Å². The highest BCUT2D eigenvalue weighted by molar-refractivity contribution is 6.05. The Labute approximate surface area is 179 Å². The molecule has 1 heterocycles. The minimum atomic E-state index is -0.443. The quantitative estimate of drug-likeness (QED) is 0.642. The maximum Gasteiger partial charge on any atom is 0.337 e. The lowest BCUT2D eigenvalue weighted by Crippen LogP contribution is -2.38. The van der Waals surface area contributed by atoms with Crippen molar-refractivity contribution in [1.29, 1.82) is 0 Å². The van der Waals surface area contributed by atoms with Crippen molar-refractivity contribution in [2.75, 3.05) is 23.9 Å². The predicted molar refractivity (Wildman–Crippen MR) is 115 cm³/mol. The van der Waals surface area contributed by atoms with Crippen molar-refractivity contribution >= 4 is 29.2 Å². The van der Waals surface area contributed by atoms with Crippen molar-refractivity contribution in [3.8, 4) is 5.75 Å². The topological polar surface area (TPSA) is 84.9 Å². The molecule has 0 saturated heterocycles. The van der Waals surface area contributed by atoms with Crippen LogP contribution in [0.2, 0.25) is 0 Å². The molecule has 31 heavy (non-hydrogen) atoms. The Bertz CT molecular complexity index is 1140. The molecule has 0 spiro atoms. The number of amides is 2. The maximum absolute atomic E-state index is 12.6. The number of ether oxygens (including phenoxy) is 2. The van der Waals surface area contributed by atoms with E-state index in [-0.39, 0.29) is 25.0 Å². The third kappa shape index (κ3) is 4.40. The predicted octanol–water partition coefficient (Wildman–Crippen LogP) is 3.65. The van der Waals surface area contributed by atoms with Gasteiger partial charge in [0.2, 0.25) is 0 Å². The summed E-state index contributed by atoms with van der Waals surface area (Å²) in [6.45, 7) is 0.162. The first-order chi connectivity index (χ1) is 15.0. The Balaban J connectivity index is 1.60. The molecule has 7 nitrogen and oxygen atoms in total.